The predicted octanol–water partition coefficient (Wildman–Crippen LogP) is 7.05. The third kappa shape index (κ3) is 8.51. The lowest BCUT2D eigenvalue weighted by Crippen LogP contribution is -2.48. The van der Waals surface area contributed by atoms with Crippen LogP contribution in [0, 0.1) is 0 Å². The maximum atomic E-state index is 14.7. The maximum Gasteiger partial charge on any atom is 0.416 e. The van der Waals surface area contributed by atoms with Crippen LogP contribution in [0.1, 0.15) is 52.9 Å². The molecule has 2 aliphatic rings. The van der Waals surface area contributed by atoms with Crippen molar-refractivity contribution in [3.63, 3.8) is 0 Å². The molecule has 1 atom stereocenters. The van der Waals surface area contributed by atoms with Crippen LogP contribution >= 0.6 is 0 Å². The molecule has 0 aliphatic carbocycles. The number of carbonyl (C=O) groups excluding carboxylic acids is 1. The van der Waals surface area contributed by atoms with Gasteiger partial charge in [0.1, 0.15) is 10.6 Å². The molecule has 4 aromatic rings. The normalized spacial score (nSPS) is 17.4. The molecule has 290 valence electrons. The molecule has 1 aromatic heterocycles. The first kappa shape index (κ1) is 39.4. The average molecular weight is 779 g/mol. The summed E-state index contributed by atoms with van der Waals surface area (Å²) in [6, 6.07) is 11.3. The van der Waals surface area contributed by atoms with Crippen LogP contribution in [0.15, 0.2) is 71.6 Å². The Morgan fingerprint density at radius 2 is 1.65 bits per heavy atom. The van der Waals surface area contributed by atoms with Gasteiger partial charge in [-0.05, 0) is 49.7 Å². The number of benzene rings is 3. The van der Waals surface area contributed by atoms with Gasteiger partial charge in [0.2, 0.25) is 0 Å². The lowest BCUT2D eigenvalue weighted by atomic mass is 9.93. The standard InChI is InChI=1S/C38H40F6N4O5S/c1-3-54(50,51)32-21-28-30(22-31(32)52-2)45-34(25-10-7-11-26(20-25)37(39,40)41)29(23-47-14-12-27(13-15-47)48-16-18-53-19-17-48)33(28)36(49)46-35(38(42,43)44)24-8-5-4-6-9-24/h4-11,20-22,27,35H,3,12-19,23H2,1-2H3,(H,46,49)/t35-/m1/s1. The van der Waals surface area contributed by atoms with Crippen LogP contribution in [-0.2, 0) is 27.3 Å². The first-order valence-electron chi connectivity index (χ1n) is 17.5. The Morgan fingerprint density at radius 3 is 2.26 bits per heavy atom. The van der Waals surface area contributed by atoms with Crippen molar-refractivity contribution in [3.8, 4) is 17.0 Å². The second-order valence-corrected chi connectivity index (χ2v) is 15.6. The van der Waals surface area contributed by atoms with E-state index in [4.69, 9.17) is 14.5 Å². The fourth-order valence-electron chi connectivity index (χ4n) is 7.18. The van der Waals surface area contributed by atoms with Crippen molar-refractivity contribution in [2.24, 2.45) is 0 Å². The Labute approximate surface area is 309 Å². The number of fused-ring (bicyclic) bond motifs is 1. The largest absolute Gasteiger partial charge is 0.495 e. The van der Waals surface area contributed by atoms with Crippen LogP contribution in [0.2, 0.25) is 0 Å². The van der Waals surface area contributed by atoms with E-state index in [1.165, 1.54) is 62.6 Å². The number of carbonyl (C=O) groups is 1. The maximum absolute atomic E-state index is 14.7. The van der Waals surface area contributed by atoms with Gasteiger partial charge in [-0.2, -0.15) is 26.3 Å². The van der Waals surface area contributed by atoms with Gasteiger partial charge in [0.05, 0.1) is 48.4 Å². The molecule has 0 bridgehead atoms. The van der Waals surface area contributed by atoms with Crippen LogP contribution in [0.4, 0.5) is 26.3 Å². The van der Waals surface area contributed by atoms with Crippen molar-refractivity contribution in [3.05, 3.63) is 89.0 Å². The minimum atomic E-state index is -4.95. The quantitative estimate of drug-likeness (QED) is 0.171. The molecule has 0 unspecified atom stereocenters. The molecule has 1 amide bonds. The first-order chi connectivity index (χ1) is 25.6. The summed E-state index contributed by atoms with van der Waals surface area (Å²) in [7, 11) is -2.80. The number of amides is 1. The molecule has 3 heterocycles. The summed E-state index contributed by atoms with van der Waals surface area (Å²) in [5.41, 5.74) is -1.67. The molecule has 2 saturated heterocycles. The first-order valence-corrected chi connectivity index (χ1v) is 19.2. The fourth-order valence-corrected chi connectivity index (χ4v) is 8.23. The van der Waals surface area contributed by atoms with Crippen molar-refractivity contribution in [1.82, 2.24) is 20.1 Å². The summed E-state index contributed by atoms with van der Waals surface area (Å²) >= 11 is 0. The highest BCUT2D eigenvalue weighted by Crippen LogP contribution is 2.40. The molecule has 2 aliphatic heterocycles. The van der Waals surface area contributed by atoms with Crippen LogP contribution in [0.5, 0.6) is 5.75 Å². The highest BCUT2D eigenvalue weighted by Gasteiger charge is 2.43. The number of rotatable bonds is 10. The Morgan fingerprint density at radius 1 is 0.963 bits per heavy atom. The summed E-state index contributed by atoms with van der Waals surface area (Å²) in [5.74, 6) is -1.71. The Balaban J connectivity index is 1.57. The summed E-state index contributed by atoms with van der Waals surface area (Å²) in [6.45, 7) is 5.13. The Hall–Kier alpha value is -4.25. The Kier molecular flexibility index (Phi) is 11.6. The van der Waals surface area contributed by atoms with Crippen molar-refractivity contribution in [1.29, 1.82) is 0 Å². The van der Waals surface area contributed by atoms with Gasteiger partial charge in [-0.15, -0.1) is 0 Å². The number of nitrogens with one attached hydrogen (secondary N) is 1. The molecule has 3 aromatic carbocycles. The molecule has 6 rings (SSSR count). The highest BCUT2D eigenvalue weighted by molar-refractivity contribution is 7.91. The number of pyridine rings is 1. The number of likely N-dealkylation sites (tertiary alicyclic amines) is 1. The second kappa shape index (κ2) is 15.8. The average Bonchev–Trinajstić information content (AvgIpc) is 3.16. The van der Waals surface area contributed by atoms with Gasteiger partial charge in [-0.1, -0.05) is 49.4 Å². The molecule has 1 N–H and O–H groups in total. The minimum Gasteiger partial charge on any atom is -0.495 e. The molecule has 54 heavy (non-hydrogen) atoms. The zero-order valence-electron chi connectivity index (χ0n) is 29.6. The number of hydrogen-bond donors (Lipinski definition) is 1. The van der Waals surface area contributed by atoms with Crippen LogP contribution < -0.4 is 10.1 Å². The molecule has 16 heteroatoms. The number of ether oxygens (including phenoxy) is 2. The van der Waals surface area contributed by atoms with Gasteiger partial charge in [0.15, 0.2) is 15.9 Å². The number of alkyl halides is 6. The number of morpholine rings is 1. The molecule has 2 fully saturated rings. The van der Waals surface area contributed by atoms with Gasteiger partial charge < -0.3 is 14.8 Å². The minimum absolute atomic E-state index is 0.0290. The van der Waals surface area contributed by atoms with Crippen LogP contribution in [0.3, 0.4) is 0 Å². The zero-order valence-corrected chi connectivity index (χ0v) is 30.5. The lowest BCUT2D eigenvalue weighted by Gasteiger charge is -2.40. The third-order valence-electron chi connectivity index (χ3n) is 10.0. The van der Waals surface area contributed by atoms with Gasteiger partial charge >= 0.3 is 12.4 Å². The summed E-state index contributed by atoms with van der Waals surface area (Å²) in [6.07, 6.45) is -8.24. The van der Waals surface area contributed by atoms with Gasteiger partial charge in [-0.3, -0.25) is 14.6 Å². The van der Waals surface area contributed by atoms with Gasteiger partial charge in [0.25, 0.3) is 5.91 Å². The van der Waals surface area contributed by atoms with E-state index in [9.17, 15) is 39.6 Å². The van der Waals surface area contributed by atoms with E-state index in [0.717, 1.165) is 44.1 Å². The van der Waals surface area contributed by atoms with Gasteiger partial charge in [-0.25, -0.2) is 13.4 Å². The molecular weight excluding hydrogens is 738 g/mol. The third-order valence-corrected chi connectivity index (χ3v) is 11.8. The summed E-state index contributed by atoms with van der Waals surface area (Å²) in [4.78, 5) is 23.3. The highest BCUT2D eigenvalue weighted by atomic mass is 32.2. The predicted molar refractivity (Wildman–Crippen MR) is 190 cm³/mol. The number of methoxy groups -OCH3 is 1. The molecular formula is C38H40F6N4O5S. The monoisotopic (exact) mass is 778 g/mol. The Bertz CT molecular complexity index is 2080. The number of halogens is 6. The fraction of sp³-hybridized carbons (Fsp3) is 0.421. The lowest BCUT2D eigenvalue weighted by molar-refractivity contribution is -0.155. The second-order valence-electron chi connectivity index (χ2n) is 13.3. The van der Waals surface area contributed by atoms with Crippen molar-refractivity contribution >= 4 is 26.6 Å². The number of hydrogen-bond acceptors (Lipinski definition) is 8. The van der Waals surface area contributed by atoms with Crippen molar-refractivity contribution < 1.29 is 49.0 Å². The van der Waals surface area contributed by atoms with E-state index >= 15 is 0 Å². The van der Waals surface area contributed by atoms with E-state index in [1.54, 1.807) is 0 Å². The topological polar surface area (TPSA) is 101 Å². The van der Waals surface area contributed by atoms with Crippen LogP contribution in [-0.4, -0.2) is 93.6 Å². The SMILES string of the molecule is CCS(=O)(=O)c1cc2c(C(=O)N[C@H](c3ccccc3)C(F)(F)F)c(CN3CCC(N4CCOCC4)CC3)c(-c3cccc(C(F)(F)F)c3)nc2cc1OC. The molecule has 0 radical (unpaired) electrons. The van der Waals surface area contributed by atoms with Gasteiger partial charge in [0, 0.05) is 48.3 Å². The van der Waals surface area contributed by atoms with E-state index in [1.807, 2.05) is 4.90 Å². The molecule has 0 spiro atoms. The molecule has 0 saturated carbocycles. The molecule has 9 nitrogen and oxygen atoms in total. The van der Waals surface area contributed by atoms with E-state index in [0.29, 0.717) is 26.3 Å². The zero-order chi connectivity index (χ0) is 38.8. The van der Waals surface area contributed by atoms with Crippen molar-refractivity contribution in [2.75, 3.05) is 52.3 Å². The number of sulfone groups is 1. The number of aromatic nitrogens is 1. The smallest absolute Gasteiger partial charge is 0.416 e. The van der Waals surface area contributed by atoms with Crippen LogP contribution in [0.25, 0.3) is 22.2 Å². The summed E-state index contributed by atoms with van der Waals surface area (Å²) in [5, 5.41) is 2.04. The van der Waals surface area contributed by atoms with E-state index < -0.39 is 39.7 Å². The number of piperidine rings is 1. The summed E-state index contributed by atoms with van der Waals surface area (Å²) < 4.78 is 124. The van der Waals surface area contributed by atoms with E-state index in [2.05, 4.69) is 10.2 Å². The van der Waals surface area contributed by atoms with Crippen molar-refractivity contribution in [2.45, 2.75) is 55.6 Å². The number of nitrogens with zero attached hydrogens (tertiary/aromatic N) is 3. The van der Waals surface area contributed by atoms with E-state index in [-0.39, 0.29) is 67.8 Å².